The van der Waals surface area contributed by atoms with Crippen molar-refractivity contribution >= 4 is 17.5 Å². The number of benzene rings is 2. The molecule has 0 spiro atoms. The van der Waals surface area contributed by atoms with Crippen LogP contribution in [0.15, 0.2) is 42.5 Å². The Morgan fingerprint density at radius 1 is 0.906 bits per heavy atom. The van der Waals surface area contributed by atoms with Crippen molar-refractivity contribution in [3.63, 3.8) is 0 Å². The Labute approximate surface area is 188 Å². The highest BCUT2D eigenvalue weighted by Crippen LogP contribution is 2.33. The minimum Gasteiger partial charge on any atom is -0.454 e. The molecule has 2 fully saturated rings. The van der Waals surface area contributed by atoms with E-state index in [9.17, 15) is 9.59 Å². The van der Waals surface area contributed by atoms with E-state index in [4.69, 9.17) is 9.47 Å². The van der Waals surface area contributed by atoms with Crippen LogP contribution in [-0.2, 0) is 0 Å². The predicted octanol–water partition coefficient (Wildman–Crippen LogP) is 3.66. The summed E-state index contributed by atoms with van der Waals surface area (Å²) in [6.45, 7) is 3.26. The molecule has 2 saturated heterocycles. The van der Waals surface area contributed by atoms with Crippen molar-refractivity contribution in [1.29, 1.82) is 0 Å². The van der Waals surface area contributed by atoms with Gasteiger partial charge < -0.3 is 25.0 Å². The molecule has 2 aromatic carbocycles. The molecule has 3 heterocycles. The Kier molecular flexibility index (Phi) is 5.99. The van der Waals surface area contributed by atoms with Crippen LogP contribution in [0.25, 0.3) is 0 Å². The molecule has 0 unspecified atom stereocenters. The number of hydrogen-bond acceptors (Lipinski definition) is 5. The molecule has 0 aromatic heterocycles. The van der Waals surface area contributed by atoms with Crippen LogP contribution in [0.3, 0.4) is 0 Å². The van der Waals surface area contributed by atoms with Gasteiger partial charge in [-0.3, -0.25) is 9.59 Å². The number of carbonyl (C=O) groups is 2. The summed E-state index contributed by atoms with van der Waals surface area (Å²) in [6.07, 6.45) is 6.20. The molecular formula is C25H29N3O4. The van der Waals surface area contributed by atoms with Gasteiger partial charge >= 0.3 is 0 Å². The van der Waals surface area contributed by atoms with E-state index in [-0.39, 0.29) is 18.6 Å². The van der Waals surface area contributed by atoms with E-state index >= 15 is 0 Å². The maximum atomic E-state index is 12.8. The summed E-state index contributed by atoms with van der Waals surface area (Å²) in [4.78, 5) is 28.1. The molecule has 7 nitrogen and oxygen atoms in total. The first kappa shape index (κ1) is 20.8. The Morgan fingerprint density at radius 2 is 1.75 bits per heavy atom. The molecule has 0 bridgehead atoms. The Hall–Kier alpha value is -3.06. The van der Waals surface area contributed by atoms with Crippen LogP contribution in [0.5, 0.6) is 11.5 Å². The lowest BCUT2D eigenvalue weighted by molar-refractivity contribution is 0.0575. The molecule has 32 heavy (non-hydrogen) atoms. The first-order chi connectivity index (χ1) is 15.7. The largest absolute Gasteiger partial charge is 0.454 e. The van der Waals surface area contributed by atoms with E-state index in [0.29, 0.717) is 46.8 Å². The van der Waals surface area contributed by atoms with Crippen molar-refractivity contribution in [1.82, 2.24) is 10.2 Å². The highest BCUT2D eigenvalue weighted by atomic mass is 16.7. The van der Waals surface area contributed by atoms with Crippen molar-refractivity contribution < 1.29 is 19.1 Å². The van der Waals surface area contributed by atoms with Crippen LogP contribution in [0.4, 0.5) is 5.69 Å². The summed E-state index contributed by atoms with van der Waals surface area (Å²) in [7, 11) is 0. The highest BCUT2D eigenvalue weighted by Gasteiger charge is 2.33. The molecule has 0 radical (unpaired) electrons. The smallest absolute Gasteiger partial charge is 0.255 e. The Bertz CT molecular complexity index is 1010. The van der Waals surface area contributed by atoms with E-state index in [1.54, 1.807) is 42.5 Å². The van der Waals surface area contributed by atoms with E-state index in [1.165, 1.54) is 45.2 Å². The fourth-order valence-corrected chi connectivity index (χ4v) is 5.12. The third kappa shape index (κ3) is 4.43. The van der Waals surface area contributed by atoms with Crippen molar-refractivity contribution in [2.75, 3.05) is 31.7 Å². The normalized spacial score (nSPS) is 22.1. The van der Waals surface area contributed by atoms with Gasteiger partial charge in [0.1, 0.15) is 0 Å². The number of piperidine rings is 2. The SMILES string of the molecule is O=C(NC[C@@H]1CCCN2CCCC[C@H]12)c1cccc(NC(=O)c2ccc3c(c2)OCO3)c1. The summed E-state index contributed by atoms with van der Waals surface area (Å²) in [5.74, 6) is 1.35. The third-order valence-corrected chi connectivity index (χ3v) is 6.77. The van der Waals surface area contributed by atoms with E-state index in [0.717, 1.165) is 0 Å². The lowest BCUT2D eigenvalue weighted by atomic mass is 9.83. The molecule has 2 atom stereocenters. The average molecular weight is 436 g/mol. The lowest BCUT2D eigenvalue weighted by Crippen LogP contribution is -2.51. The second-order valence-corrected chi connectivity index (χ2v) is 8.81. The van der Waals surface area contributed by atoms with Crippen LogP contribution in [-0.4, -0.2) is 49.2 Å². The molecule has 7 heteroatoms. The standard InChI is InChI=1S/C25H29N3O4/c29-24(26-15-19-6-4-12-28-11-2-1-8-21(19)28)17-5-3-7-20(13-17)27-25(30)18-9-10-22-23(14-18)32-16-31-22/h3,5,7,9-10,13-14,19,21H,1-2,4,6,8,11-12,15-16H2,(H,26,29)(H,27,30)/t19-,21+/m0/s1. The van der Waals surface area contributed by atoms with Gasteiger partial charge in [0.2, 0.25) is 6.79 Å². The fourth-order valence-electron chi connectivity index (χ4n) is 5.12. The summed E-state index contributed by atoms with van der Waals surface area (Å²) in [6, 6.07) is 12.7. The second-order valence-electron chi connectivity index (χ2n) is 8.81. The predicted molar refractivity (Wildman–Crippen MR) is 121 cm³/mol. The average Bonchev–Trinajstić information content (AvgIpc) is 3.30. The molecule has 0 aliphatic carbocycles. The number of anilines is 1. The number of carbonyl (C=O) groups excluding carboxylic acids is 2. The fraction of sp³-hybridized carbons (Fsp3) is 0.440. The summed E-state index contributed by atoms with van der Waals surface area (Å²) in [5, 5.41) is 6.00. The van der Waals surface area contributed by atoms with Crippen molar-refractivity contribution in [3.8, 4) is 11.5 Å². The number of nitrogens with one attached hydrogen (secondary N) is 2. The number of nitrogens with zero attached hydrogens (tertiary/aromatic N) is 1. The summed E-state index contributed by atoms with van der Waals surface area (Å²) >= 11 is 0. The molecule has 3 aliphatic heterocycles. The molecule has 2 amide bonds. The topological polar surface area (TPSA) is 79.9 Å². The van der Waals surface area contributed by atoms with Gasteiger partial charge in [0.15, 0.2) is 11.5 Å². The van der Waals surface area contributed by atoms with Gasteiger partial charge in [0.05, 0.1) is 0 Å². The maximum absolute atomic E-state index is 12.8. The minimum absolute atomic E-state index is 0.0999. The summed E-state index contributed by atoms with van der Waals surface area (Å²) in [5.41, 5.74) is 1.60. The molecule has 3 aliphatic rings. The highest BCUT2D eigenvalue weighted by molar-refractivity contribution is 6.05. The van der Waals surface area contributed by atoms with Crippen LogP contribution >= 0.6 is 0 Å². The van der Waals surface area contributed by atoms with Crippen LogP contribution in [0.2, 0.25) is 0 Å². The monoisotopic (exact) mass is 435 g/mol. The Morgan fingerprint density at radius 3 is 2.69 bits per heavy atom. The quantitative estimate of drug-likeness (QED) is 0.749. The van der Waals surface area contributed by atoms with Crippen LogP contribution in [0, 0.1) is 5.92 Å². The van der Waals surface area contributed by atoms with Gasteiger partial charge in [0, 0.05) is 29.4 Å². The van der Waals surface area contributed by atoms with Crippen molar-refractivity contribution in [3.05, 3.63) is 53.6 Å². The first-order valence-corrected chi connectivity index (χ1v) is 11.5. The van der Waals surface area contributed by atoms with Gasteiger partial charge in [-0.2, -0.15) is 0 Å². The van der Waals surface area contributed by atoms with Crippen LogP contribution in [0.1, 0.15) is 52.8 Å². The second kappa shape index (κ2) is 9.20. The third-order valence-electron chi connectivity index (χ3n) is 6.77. The number of rotatable bonds is 5. The van der Waals surface area contributed by atoms with Gasteiger partial charge in [-0.05, 0) is 81.1 Å². The molecule has 2 aromatic rings. The molecular weight excluding hydrogens is 406 g/mol. The maximum Gasteiger partial charge on any atom is 0.255 e. The van der Waals surface area contributed by atoms with Gasteiger partial charge in [-0.25, -0.2) is 0 Å². The van der Waals surface area contributed by atoms with E-state index < -0.39 is 0 Å². The van der Waals surface area contributed by atoms with Crippen molar-refractivity contribution in [2.45, 2.75) is 38.1 Å². The number of fused-ring (bicyclic) bond motifs is 2. The van der Waals surface area contributed by atoms with Crippen molar-refractivity contribution in [2.24, 2.45) is 5.92 Å². The first-order valence-electron chi connectivity index (χ1n) is 11.5. The van der Waals surface area contributed by atoms with Gasteiger partial charge in [-0.15, -0.1) is 0 Å². The molecule has 5 rings (SSSR count). The van der Waals surface area contributed by atoms with E-state index in [2.05, 4.69) is 15.5 Å². The lowest BCUT2D eigenvalue weighted by Gasteiger charge is -2.44. The number of hydrogen-bond donors (Lipinski definition) is 2. The molecule has 168 valence electrons. The van der Waals surface area contributed by atoms with Gasteiger partial charge in [-0.1, -0.05) is 12.5 Å². The zero-order valence-electron chi connectivity index (χ0n) is 18.1. The zero-order chi connectivity index (χ0) is 21.9. The minimum atomic E-state index is -0.263. The van der Waals surface area contributed by atoms with E-state index in [1.807, 2.05) is 0 Å². The summed E-state index contributed by atoms with van der Waals surface area (Å²) < 4.78 is 10.6. The van der Waals surface area contributed by atoms with Gasteiger partial charge in [0.25, 0.3) is 11.8 Å². The number of ether oxygens (including phenoxy) is 2. The number of amides is 2. The van der Waals surface area contributed by atoms with Crippen LogP contribution < -0.4 is 20.1 Å². The molecule has 2 N–H and O–H groups in total. The molecule has 0 saturated carbocycles. The zero-order valence-corrected chi connectivity index (χ0v) is 18.1. The Balaban J connectivity index is 1.20.